The van der Waals surface area contributed by atoms with Crippen LogP contribution in [0, 0.1) is 0 Å². The van der Waals surface area contributed by atoms with Crippen molar-refractivity contribution in [1.29, 1.82) is 0 Å². The van der Waals surface area contributed by atoms with E-state index in [0.29, 0.717) is 6.04 Å². The summed E-state index contributed by atoms with van der Waals surface area (Å²) in [6.45, 7) is 12.0. The van der Waals surface area contributed by atoms with Gasteiger partial charge in [-0.3, -0.25) is 16.2 Å². The fraction of sp³-hybridized carbons (Fsp3) is 0.867. The third-order valence-corrected chi connectivity index (χ3v) is 4.28. The van der Waals surface area contributed by atoms with Crippen LogP contribution in [-0.2, 0) is 4.74 Å². The Morgan fingerprint density at radius 3 is 2.58 bits per heavy atom. The second kappa shape index (κ2) is 8.69. The summed E-state index contributed by atoms with van der Waals surface area (Å²) in [7, 11) is 0. The monoisotopic (exact) mass is 269 g/mol. The van der Waals surface area contributed by atoms with Crippen molar-refractivity contribution >= 4 is 0 Å². The molecular weight excluding hydrogens is 238 g/mol. The number of nitrogens with two attached hydrogens (primary N) is 1. The molecule has 1 saturated heterocycles. The smallest absolute Gasteiger partial charge is 0.0594 e. The Morgan fingerprint density at radius 1 is 1.32 bits per heavy atom. The highest BCUT2D eigenvalue weighted by atomic mass is 16.5. The van der Waals surface area contributed by atoms with Gasteiger partial charge in [-0.2, -0.15) is 0 Å². The van der Waals surface area contributed by atoms with Crippen molar-refractivity contribution in [3.63, 3.8) is 0 Å². The number of nitrogens with one attached hydrogen (secondary N) is 1. The molecule has 0 radical (unpaired) electrons. The number of morpholine rings is 1. The number of hydrogen-bond donors (Lipinski definition) is 2. The Kier molecular flexibility index (Phi) is 7.61. The molecule has 19 heavy (non-hydrogen) atoms. The van der Waals surface area contributed by atoms with Crippen LogP contribution < -0.4 is 11.3 Å². The third-order valence-electron chi connectivity index (χ3n) is 4.28. The molecule has 4 nitrogen and oxygen atoms in total. The van der Waals surface area contributed by atoms with Crippen molar-refractivity contribution in [1.82, 2.24) is 10.3 Å². The molecule has 1 aliphatic heterocycles. The van der Waals surface area contributed by atoms with E-state index < -0.39 is 0 Å². The first kappa shape index (κ1) is 16.6. The summed E-state index contributed by atoms with van der Waals surface area (Å²) < 4.78 is 5.43. The van der Waals surface area contributed by atoms with Crippen LogP contribution in [0.4, 0.5) is 0 Å². The fourth-order valence-electron chi connectivity index (χ4n) is 2.81. The number of unbranched alkanes of at least 4 members (excludes halogenated alkanes) is 3. The van der Waals surface area contributed by atoms with E-state index in [1.54, 1.807) is 0 Å². The molecule has 1 aliphatic rings. The van der Waals surface area contributed by atoms with Crippen LogP contribution in [0.2, 0.25) is 0 Å². The van der Waals surface area contributed by atoms with Gasteiger partial charge in [-0.15, -0.1) is 6.58 Å². The van der Waals surface area contributed by atoms with Crippen LogP contribution in [0.3, 0.4) is 0 Å². The summed E-state index contributed by atoms with van der Waals surface area (Å²) >= 11 is 0. The summed E-state index contributed by atoms with van der Waals surface area (Å²) in [6.07, 6.45) is 7.94. The molecule has 0 amide bonds. The van der Waals surface area contributed by atoms with Crippen molar-refractivity contribution < 1.29 is 4.74 Å². The second-order valence-electron chi connectivity index (χ2n) is 5.90. The molecule has 0 bridgehead atoms. The average molecular weight is 269 g/mol. The van der Waals surface area contributed by atoms with Gasteiger partial charge in [0.05, 0.1) is 13.2 Å². The molecule has 1 atom stereocenters. The lowest BCUT2D eigenvalue weighted by molar-refractivity contribution is -0.0246. The van der Waals surface area contributed by atoms with Gasteiger partial charge in [0, 0.05) is 24.7 Å². The SMILES string of the molecule is C=CCCCCCC(NN)C(C)(C)N1CCOCC1. The molecule has 0 aliphatic carbocycles. The number of hydrogen-bond acceptors (Lipinski definition) is 4. The Bertz CT molecular complexity index is 250. The van der Waals surface area contributed by atoms with E-state index >= 15 is 0 Å². The van der Waals surface area contributed by atoms with Gasteiger partial charge in [0.25, 0.3) is 0 Å². The lowest BCUT2D eigenvalue weighted by Crippen LogP contribution is -2.61. The lowest BCUT2D eigenvalue weighted by Gasteiger charge is -2.45. The number of rotatable bonds is 9. The highest BCUT2D eigenvalue weighted by molar-refractivity contribution is 4.93. The van der Waals surface area contributed by atoms with Gasteiger partial charge in [0.15, 0.2) is 0 Å². The number of nitrogens with zero attached hydrogens (tertiary/aromatic N) is 1. The predicted molar refractivity (Wildman–Crippen MR) is 80.9 cm³/mol. The van der Waals surface area contributed by atoms with Gasteiger partial charge in [-0.05, 0) is 33.1 Å². The molecule has 1 heterocycles. The highest BCUT2D eigenvalue weighted by Gasteiger charge is 2.35. The minimum Gasteiger partial charge on any atom is -0.379 e. The highest BCUT2D eigenvalue weighted by Crippen LogP contribution is 2.23. The predicted octanol–water partition coefficient (Wildman–Crippen LogP) is 2.07. The van der Waals surface area contributed by atoms with Gasteiger partial charge in [-0.25, -0.2) is 0 Å². The third kappa shape index (κ3) is 5.22. The van der Waals surface area contributed by atoms with Crippen LogP contribution in [0.1, 0.15) is 46.0 Å². The molecule has 4 heteroatoms. The Labute approximate surface area is 118 Å². The van der Waals surface area contributed by atoms with E-state index in [1.807, 2.05) is 6.08 Å². The fourth-order valence-corrected chi connectivity index (χ4v) is 2.81. The second-order valence-corrected chi connectivity index (χ2v) is 5.90. The summed E-state index contributed by atoms with van der Waals surface area (Å²) in [6, 6.07) is 0.328. The molecular formula is C15H31N3O. The zero-order chi connectivity index (χ0) is 14.1. The zero-order valence-electron chi connectivity index (χ0n) is 12.7. The van der Waals surface area contributed by atoms with Crippen LogP contribution in [0.25, 0.3) is 0 Å². The van der Waals surface area contributed by atoms with Crippen molar-refractivity contribution in [2.24, 2.45) is 5.84 Å². The quantitative estimate of drug-likeness (QED) is 0.291. The number of hydrazine groups is 1. The maximum atomic E-state index is 5.78. The van der Waals surface area contributed by atoms with Crippen LogP contribution in [-0.4, -0.2) is 42.8 Å². The molecule has 1 fully saturated rings. The molecule has 1 rings (SSSR count). The van der Waals surface area contributed by atoms with E-state index in [1.165, 1.54) is 19.3 Å². The zero-order valence-corrected chi connectivity index (χ0v) is 12.7. The normalized spacial score (nSPS) is 19.3. The molecule has 0 saturated carbocycles. The summed E-state index contributed by atoms with van der Waals surface area (Å²) in [5, 5.41) is 0. The molecule has 112 valence electrons. The van der Waals surface area contributed by atoms with Crippen LogP contribution in [0.15, 0.2) is 12.7 Å². The standard InChI is InChI=1S/C15H31N3O/c1-4-5-6-7-8-9-14(17-16)15(2,3)18-10-12-19-13-11-18/h4,14,17H,1,5-13,16H2,2-3H3. The lowest BCUT2D eigenvalue weighted by atomic mass is 9.88. The Hall–Kier alpha value is -0.420. The van der Waals surface area contributed by atoms with E-state index in [9.17, 15) is 0 Å². The first-order valence-corrected chi connectivity index (χ1v) is 7.52. The minimum absolute atomic E-state index is 0.0803. The van der Waals surface area contributed by atoms with E-state index in [-0.39, 0.29) is 5.54 Å². The Morgan fingerprint density at radius 2 is 2.00 bits per heavy atom. The van der Waals surface area contributed by atoms with Gasteiger partial charge >= 0.3 is 0 Å². The van der Waals surface area contributed by atoms with Gasteiger partial charge in [0.2, 0.25) is 0 Å². The molecule has 0 spiro atoms. The van der Waals surface area contributed by atoms with E-state index in [0.717, 1.165) is 39.1 Å². The molecule has 0 aromatic heterocycles. The molecule has 1 unspecified atom stereocenters. The minimum atomic E-state index is 0.0803. The number of allylic oxidation sites excluding steroid dienone is 1. The first-order chi connectivity index (χ1) is 9.12. The van der Waals surface area contributed by atoms with E-state index in [4.69, 9.17) is 10.6 Å². The van der Waals surface area contributed by atoms with Crippen molar-refractivity contribution in [2.75, 3.05) is 26.3 Å². The van der Waals surface area contributed by atoms with Gasteiger partial charge in [-0.1, -0.05) is 18.9 Å². The first-order valence-electron chi connectivity index (χ1n) is 7.52. The van der Waals surface area contributed by atoms with Crippen LogP contribution in [0.5, 0.6) is 0 Å². The average Bonchev–Trinajstić information content (AvgIpc) is 2.43. The summed E-state index contributed by atoms with van der Waals surface area (Å²) in [5.74, 6) is 5.78. The maximum absolute atomic E-state index is 5.78. The topological polar surface area (TPSA) is 50.5 Å². The van der Waals surface area contributed by atoms with Gasteiger partial charge in [0.1, 0.15) is 0 Å². The summed E-state index contributed by atoms with van der Waals surface area (Å²) in [4.78, 5) is 2.49. The van der Waals surface area contributed by atoms with Crippen molar-refractivity contribution in [3.8, 4) is 0 Å². The van der Waals surface area contributed by atoms with Crippen LogP contribution >= 0.6 is 0 Å². The van der Waals surface area contributed by atoms with E-state index in [2.05, 4.69) is 30.8 Å². The summed E-state index contributed by atoms with van der Waals surface area (Å²) in [5.41, 5.74) is 3.11. The molecule has 0 aromatic carbocycles. The largest absolute Gasteiger partial charge is 0.379 e. The molecule has 3 N–H and O–H groups in total. The van der Waals surface area contributed by atoms with Crippen molar-refractivity contribution in [2.45, 2.75) is 57.5 Å². The van der Waals surface area contributed by atoms with Gasteiger partial charge < -0.3 is 4.74 Å². The maximum Gasteiger partial charge on any atom is 0.0594 e. The Balaban J connectivity index is 2.39. The van der Waals surface area contributed by atoms with Crippen molar-refractivity contribution in [3.05, 3.63) is 12.7 Å². The molecule has 0 aromatic rings. The number of ether oxygens (including phenoxy) is 1.